The molecule has 0 aromatic rings. The molecule has 3 nitrogen and oxygen atoms in total. The summed E-state index contributed by atoms with van der Waals surface area (Å²) in [4.78, 5) is 2.37. The molecule has 0 bridgehead atoms. The minimum Gasteiger partial charge on any atom is -0.396 e. The molecule has 1 aliphatic rings. The Balaban J connectivity index is 2.54. The van der Waals surface area contributed by atoms with Gasteiger partial charge in [0.2, 0.25) is 0 Å². The fourth-order valence-electron chi connectivity index (χ4n) is 2.78. The molecule has 0 saturated carbocycles. The molecule has 96 valence electrons. The molecular formula is C13H27NO2. The van der Waals surface area contributed by atoms with E-state index >= 15 is 0 Å². The van der Waals surface area contributed by atoms with E-state index in [2.05, 4.69) is 18.7 Å². The van der Waals surface area contributed by atoms with Gasteiger partial charge in [0.25, 0.3) is 0 Å². The highest BCUT2D eigenvalue weighted by molar-refractivity contribution is 4.83. The van der Waals surface area contributed by atoms with Crippen LogP contribution in [0.2, 0.25) is 0 Å². The van der Waals surface area contributed by atoms with Crippen LogP contribution in [-0.2, 0) is 0 Å². The van der Waals surface area contributed by atoms with Crippen molar-refractivity contribution in [3.63, 3.8) is 0 Å². The van der Waals surface area contributed by atoms with Crippen molar-refractivity contribution in [2.45, 2.75) is 52.0 Å². The lowest BCUT2D eigenvalue weighted by atomic mass is 9.84. The van der Waals surface area contributed by atoms with Gasteiger partial charge in [-0.1, -0.05) is 26.7 Å². The van der Waals surface area contributed by atoms with E-state index in [9.17, 15) is 10.2 Å². The van der Waals surface area contributed by atoms with Crippen LogP contribution in [0.4, 0.5) is 0 Å². The summed E-state index contributed by atoms with van der Waals surface area (Å²) in [6, 6.07) is 0.316. The Labute approximate surface area is 99.5 Å². The van der Waals surface area contributed by atoms with Crippen LogP contribution < -0.4 is 0 Å². The first-order valence-corrected chi connectivity index (χ1v) is 6.61. The Kier molecular flexibility index (Phi) is 5.73. The van der Waals surface area contributed by atoms with Gasteiger partial charge in [-0.15, -0.1) is 0 Å². The molecule has 3 heteroatoms. The summed E-state index contributed by atoms with van der Waals surface area (Å²) in [5.74, 6) is 0. The van der Waals surface area contributed by atoms with Crippen molar-refractivity contribution in [3.8, 4) is 0 Å². The van der Waals surface area contributed by atoms with Crippen molar-refractivity contribution in [2.24, 2.45) is 5.41 Å². The lowest BCUT2D eigenvalue weighted by Gasteiger charge is -2.40. The van der Waals surface area contributed by atoms with Crippen LogP contribution in [0.3, 0.4) is 0 Å². The van der Waals surface area contributed by atoms with Gasteiger partial charge < -0.3 is 10.2 Å². The SMILES string of the molecule is CCCC(C)(CO)CN1CCCCC1CO. The molecule has 1 fully saturated rings. The molecule has 0 aromatic carbocycles. The average Bonchev–Trinajstić information content (AvgIpc) is 2.30. The number of aliphatic hydroxyl groups excluding tert-OH is 2. The lowest BCUT2D eigenvalue weighted by molar-refractivity contribution is 0.0241. The van der Waals surface area contributed by atoms with Gasteiger partial charge >= 0.3 is 0 Å². The minimum atomic E-state index is -0.000486. The summed E-state index contributed by atoms with van der Waals surface area (Å²) in [6.45, 7) is 6.81. The molecule has 2 N–H and O–H groups in total. The molecule has 1 saturated heterocycles. The maximum atomic E-state index is 9.52. The Hall–Kier alpha value is -0.120. The molecule has 1 heterocycles. The van der Waals surface area contributed by atoms with Gasteiger partial charge in [0.05, 0.1) is 6.61 Å². The van der Waals surface area contributed by atoms with Crippen molar-refractivity contribution in [3.05, 3.63) is 0 Å². The van der Waals surface area contributed by atoms with Crippen molar-refractivity contribution < 1.29 is 10.2 Å². The van der Waals surface area contributed by atoms with E-state index in [-0.39, 0.29) is 18.6 Å². The largest absolute Gasteiger partial charge is 0.396 e. The minimum absolute atomic E-state index is 0.000486. The zero-order valence-electron chi connectivity index (χ0n) is 10.8. The van der Waals surface area contributed by atoms with Crippen LogP contribution >= 0.6 is 0 Å². The van der Waals surface area contributed by atoms with Crippen LogP contribution in [-0.4, -0.2) is 47.5 Å². The second-order valence-corrected chi connectivity index (χ2v) is 5.52. The van der Waals surface area contributed by atoms with E-state index in [0.29, 0.717) is 6.04 Å². The third-order valence-corrected chi connectivity index (χ3v) is 3.78. The summed E-state index contributed by atoms with van der Waals surface area (Å²) >= 11 is 0. The second-order valence-electron chi connectivity index (χ2n) is 5.52. The van der Waals surface area contributed by atoms with E-state index < -0.39 is 0 Å². The Morgan fingerprint density at radius 3 is 2.62 bits per heavy atom. The predicted octanol–water partition coefficient (Wildman–Crippen LogP) is 1.63. The van der Waals surface area contributed by atoms with Crippen LogP contribution in [0.25, 0.3) is 0 Å². The highest BCUT2D eigenvalue weighted by Gasteiger charge is 2.30. The fourth-order valence-corrected chi connectivity index (χ4v) is 2.78. The Morgan fingerprint density at radius 1 is 1.31 bits per heavy atom. The second kappa shape index (κ2) is 6.58. The lowest BCUT2D eigenvalue weighted by Crippen LogP contribution is -2.48. The van der Waals surface area contributed by atoms with Crippen molar-refractivity contribution >= 4 is 0 Å². The zero-order chi connectivity index (χ0) is 12.0. The highest BCUT2D eigenvalue weighted by Crippen LogP contribution is 2.27. The quantitative estimate of drug-likeness (QED) is 0.727. The number of aliphatic hydroxyl groups is 2. The summed E-state index contributed by atoms with van der Waals surface area (Å²) in [7, 11) is 0. The molecule has 2 atom stereocenters. The topological polar surface area (TPSA) is 43.7 Å². The number of rotatable bonds is 6. The molecule has 1 aliphatic heterocycles. The van der Waals surface area contributed by atoms with E-state index in [4.69, 9.17) is 0 Å². The smallest absolute Gasteiger partial charge is 0.0586 e. The molecule has 16 heavy (non-hydrogen) atoms. The third kappa shape index (κ3) is 3.72. The van der Waals surface area contributed by atoms with Crippen molar-refractivity contribution in [1.82, 2.24) is 4.90 Å². The van der Waals surface area contributed by atoms with Crippen LogP contribution in [0, 0.1) is 5.41 Å². The van der Waals surface area contributed by atoms with Gasteiger partial charge in [-0.2, -0.15) is 0 Å². The number of likely N-dealkylation sites (tertiary alicyclic amines) is 1. The molecule has 0 radical (unpaired) electrons. The first kappa shape index (κ1) is 13.9. The molecule has 0 aromatic heterocycles. The van der Waals surface area contributed by atoms with E-state index in [0.717, 1.165) is 32.4 Å². The van der Waals surface area contributed by atoms with E-state index in [1.807, 2.05) is 0 Å². The van der Waals surface area contributed by atoms with Crippen LogP contribution in [0.15, 0.2) is 0 Å². The van der Waals surface area contributed by atoms with E-state index in [1.54, 1.807) is 0 Å². The number of piperidine rings is 1. The Morgan fingerprint density at radius 2 is 2.06 bits per heavy atom. The first-order valence-electron chi connectivity index (χ1n) is 6.61. The monoisotopic (exact) mass is 229 g/mol. The van der Waals surface area contributed by atoms with E-state index in [1.165, 1.54) is 12.8 Å². The molecular weight excluding hydrogens is 202 g/mol. The summed E-state index contributed by atoms with van der Waals surface area (Å²) in [5.41, 5.74) is -0.000486. The molecule has 2 unspecified atom stereocenters. The number of hydrogen-bond acceptors (Lipinski definition) is 3. The summed E-state index contributed by atoms with van der Waals surface area (Å²) in [5, 5.41) is 18.9. The maximum Gasteiger partial charge on any atom is 0.0586 e. The van der Waals surface area contributed by atoms with Crippen LogP contribution in [0.5, 0.6) is 0 Å². The standard InChI is InChI=1S/C13H27NO2/c1-3-7-13(2,11-16)10-14-8-5-4-6-12(14)9-15/h12,15-16H,3-11H2,1-2H3. The molecule has 0 aliphatic carbocycles. The number of nitrogens with zero attached hydrogens (tertiary/aromatic N) is 1. The van der Waals surface area contributed by atoms with Gasteiger partial charge in [-0.3, -0.25) is 4.90 Å². The molecule has 1 rings (SSSR count). The fraction of sp³-hybridized carbons (Fsp3) is 1.00. The average molecular weight is 229 g/mol. The van der Waals surface area contributed by atoms with Crippen molar-refractivity contribution in [2.75, 3.05) is 26.3 Å². The van der Waals surface area contributed by atoms with Gasteiger partial charge in [0.1, 0.15) is 0 Å². The zero-order valence-corrected chi connectivity index (χ0v) is 10.8. The first-order chi connectivity index (χ1) is 7.65. The molecule has 0 spiro atoms. The predicted molar refractivity (Wildman–Crippen MR) is 66.4 cm³/mol. The van der Waals surface area contributed by atoms with Crippen molar-refractivity contribution in [1.29, 1.82) is 0 Å². The van der Waals surface area contributed by atoms with Crippen LogP contribution in [0.1, 0.15) is 46.0 Å². The number of hydrogen-bond donors (Lipinski definition) is 2. The summed E-state index contributed by atoms with van der Waals surface area (Å²) in [6.07, 6.45) is 5.71. The third-order valence-electron chi connectivity index (χ3n) is 3.78. The highest BCUT2D eigenvalue weighted by atomic mass is 16.3. The Bertz CT molecular complexity index is 198. The van der Waals surface area contributed by atoms with Gasteiger partial charge in [0, 0.05) is 24.6 Å². The van der Waals surface area contributed by atoms with Gasteiger partial charge in [0.15, 0.2) is 0 Å². The maximum absolute atomic E-state index is 9.52. The normalized spacial score (nSPS) is 26.6. The van der Waals surface area contributed by atoms with Gasteiger partial charge in [-0.05, 0) is 25.8 Å². The van der Waals surface area contributed by atoms with Gasteiger partial charge in [-0.25, -0.2) is 0 Å². The summed E-state index contributed by atoms with van der Waals surface area (Å²) < 4.78 is 0. The molecule has 0 amide bonds.